The predicted octanol–water partition coefficient (Wildman–Crippen LogP) is 0.285. The van der Waals surface area contributed by atoms with Gasteiger partial charge in [-0.2, -0.15) is 0 Å². The van der Waals surface area contributed by atoms with E-state index in [-0.39, 0.29) is 49.1 Å². The van der Waals surface area contributed by atoms with Gasteiger partial charge in [-0.1, -0.05) is 20.4 Å². The van der Waals surface area contributed by atoms with E-state index < -0.39 is 11.9 Å². The Morgan fingerprint density at radius 3 is 2.25 bits per heavy atom. The number of nitrogens with one attached hydrogen (secondary N) is 4. The molecule has 0 aromatic carbocycles. The molecule has 0 radical (unpaired) electrons. The van der Waals surface area contributed by atoms with Gasteiger partial charge < -0.3 is 35.9 Å². The summed E-state index contributed by atoms with van der Waals surface area (Å²) in [6, 6.07) is -0.397. The highest BCUT2D eigenvalue weighted by atomic mass is 32.2. The Morgan fingerprint density at radius 1 is 1.00 bits per heavy atom. The lowest BCUT2D eigenvalue weighted by Crippen LogP contribution is -2.33. The normalized spacial score (nSPS) is 24.5. The van der Waals surface area contributed by atoms with Crippen molar-refractivity contribution in [3.8, 4) is 0 Å². The van der Waals surface area contributed by atoms with Gasteiger partial charge in [-0.05, 0) is 90.6 Å². The summed E-state index contributed by atoms with van der Waals surface area (Å²) in [6.45, 7) is 12.2. The van der Waals surface area contributed by atoms with Crippen LogP contribution in [0.5, 0.6) is 0 Å². The van der Waals surface area contributed by atoms with E-state index >= 15 is 0 Å². The number of H-pyrrole nitrogens is 2. The van der Waals surface area contributed by atoms with Crippen LogP contribution in [0.15, 0.2) is 22.6 Å². The number of carbonyl (C=O) groups is 3. The Morgan fingerprint density at radius 2 is 1.66 bits per heavy atom. The maximum atomic E-state index is 12.5. The number of rotatable bonds is 11. The summed E-state index contributed by atoms with van der Waals surface area (Å²) < 4.78 is 0. The van der Waals surface area contributed by atoms with Crippen molar-refractivity contribution in [3.63, 3.8) is 0 Å². The lowest BCUT2D eigenvalue weighted by atomic mass is 9.94. The zero-order chi connectivity index (χ0) is 31.9. The first kappa shape index (κ1) is 31.3. The summed E-state index contributed by atoms with van der Waals surface area (Å²) in [5.74, 6) is -0.572. The van der Waals surface area contributed by atoms with Gasteiger partial charge in [-0.15, -0.1) is 0 Å². The number of carboxylic acid groups (broad SMARTS) is 2. The van der Waals surface area contributed by atoms with Crippen LogP contribution in [-0.2, 0) is 39.0 Å². The standard InChI is InChI=1S/C33H40N4O6S/c1-6-19-15(2)24(36-33(19)43)11-22-16(3)20(7-9-29(38)39)25(34-22)13-26-21(8-10-30(40)41)17(4)23(35-26)12-27-31(28-14-44-28)18(5)32(42)37-27/h11-13,15,24,27-28,34-36,43H,4,6-10,14H2,1-3,5H3,(H,37,42)(H,38,39)(H,40,41)/p+1/b22-11-,23-12+,25-13-/t15?,24-,27+,28-/m1/s1. The maximum Gasteiger partial charge on any atom is 0.303 e. The number of carboxylic acids is 2. The van der Waals surface area contributed by atoms with Crippen molar-refractivity contribution in [2.24, 2.45) is 5.92 Å². The molecule has 0 spiro atoms. The molecule has 1 saturated heterocycles. The van der Waals surface area contributed by atoms with Gasteiger partial charge in [0.1, 0.15) is 0 Å². The number of aliphatic hydroxyl groups excluding tert-OH is 1. The first-order chi connectivity index (χ1) is 20.9. The Balaban J connectivity index is 1.63. The van der Waals surface area contributed by atoms with Gasteiger partial charge in [-0.3, -0.25) is 14.4 Å². The Hall–Kier alpha value is -4.12. The lowest BCUT2D eigenvalue weighted by Gasteiger charge is -2.13. The average Bonchev–Trinajstić information content (AvgIpc) is 3.53. The molecule has 4 atom stereocenters. The third kappa shape index (κ3) is 6.24. The van der Waals surface area contributed by atoms with Crippen LogP contribution in [0.1, 0.15) is 62.4 Å². The molecule has 3 aliphatic rings. The largest absolute Gasteiger partial charge is 0.495 e. The summed E-state index contributed by atoms with van der Waals surface area (Å²) in [7, 11) is 0. The number of hydrogen-bond donors (Lipinski definition) is 7. The number of hydrogen-bond acceptors (Lipinski definition) is 5. The van der Waals surface area contributed by atoms with Crippen LogP contribution in [0.3, 0.4) is 0 Å². The number of amides is 1. The second-order valence-electron chi connectivity index (χ2n) is 11.8. The van der Waals surface area contributed by atoms with Crippen molar-refractivity contribution in [3.05, 3.63) is 66.3 Å². The molecular formula is C33H41N4O6S+. The first-order valence-electron chi connectivity index (χ1n) is 15.0. The van der Waals surface area contributed by atoms with Crippen LogP contribution in [0.2, 0.25) is 0 Å². The maximum absolute atomic E-state index is 12.5. The molecule has 10 nitrogen and oxygen atoms in total. The zero-order valence-corrected chi connectivity index (χ0v) is 26.4. The van der Waals surface area contributed by atoms with E-state index in [0.717, 1.165) is 56.3 Å². The Bertz CT molecular complexity index is 1830. The lowest BCUT2D eigenvalue weighted by molar-refractivity contribution is -0.138. The molecule has 7 N–H and O–H groups in total. The second-order valence-corrected chi connectivity index (χ2v) is 13.2. The topological polar surface area (TPSA) is 168 Å². The van der Waals surface area contributed by atoms with Crippen molar-refractivity contribution in [1.82, 2.24) is 20.6 Å². The molecule has 0 saturated carbocycles. The van der Waals surface area contributed by atoms with E-state index in [9.17, 15) is 29.7 Å². The molecule has 1 fully saturated rings. The third-order valence-corrected chi connectivity index (χ3v) is 10.1. The third-order valence-electron chi connectivity index (χ3n) is 9.08. The van der Waals surface area contributed by atoms with Crippen LogP contribution >= 0.6 is 0 Å². The summed E-state index contributed by atoms with van der Waals surface area (Å²) >= 11 is 1.31. The highest BCUT2D eigenvalue weighted by Crippen LogP contribution is 2.31. The van der Waals surface area contributed by atoms with E-state index in [1.54, 1.807) is 0 Å². The number of aromatic amines is 2. The van der Waals surface area contributed by atoms with Crippen molar-refractivity contribution in [2.75, 3.05) is 5.75 Å². The van der Waals surface area contributed by atoms with Crippen LogP contribution in [-0.4, -0.2) is 66.2 Å². The molecular weight excluding hydrogens is 580 g/mol. The van der Waals surface area contributed by atoms with E-state index in [0.29, 0.717) is 27.9 Å². The molecule has 44 heavy (non-hydrogen) atoms. The molecule has 1 amide bonds. The number of carbonyl (C=O) groups excluding carboxylic acids is 1. The number of thiol groups is 1. The fraction of sp³-hybridized carbons (Fsp3) is 0.424. The highest BCUT2D eigenvalue weighted by molar-refractivity contribution is 7.87. The summed E-state index contributed by atoms with van der Waals surface area (Å²) in [4.78, 5) is 42.5. The monoisotopic (exact) mass is 621 g/mol. The Labute approximate surface area is 259 Å². The fourth-order valence-electron chi connectivity index (χ4n) is 6.43. The molecule has 11 heteroatoms. The molecule has 1 unspecified atom stereocenters. The summed E-state index contributed by atoms with van der Waals surface area (Å²) in [6.07, 6.45) is 7.05. The van der Waals surface area contributed by atoms with Crippen molar-refractivity contribution in [2.45, 2.75) is 77.1 Å². The van der Waals surface area contributed by atoms with Crippen molar-refractivity contribution in [1.29, 1.82) is 0 Å². The van der Waals surface area contributed by atoms with E-state index in [1.807, 2.05) is 39.0 Å². The second kappa shape index (κ2) is 12.5. The molecule has 2 aromatic rings. The van der Waals surface area contributed by atoms with Gasteiger partial charge in [0.2, 0.25) is 5.91 Å². The SMILES string of the molecule is C=c1c(CCC(=O)O)c(/C=c2\[nH]/c(=C\[C@H]3NC(O)=C(CC)C3C)c(C)c2CCC(=O)O)[nH]/c1=C/[C@@H]1NC(=O)C(C)=C1[C@H]1C[SH+]1. The smallest absolute Gasteiger partial charge is 0.303 e. The summed E-state index contributed by atoms with van der Waals surface area (Å²) in [5.41, 5.74) is 6.02. The Kier molecular flexibility index (Phi) is 8.88. The van der Waals surface area contributed by atoms with Crippen molar-refractivity contribution >= 4 is 54.4 Å². The quantitative estimate of drug-likeness (QED) is 0.108. The van der Waals surface area contributed by atoms with Crippen LogP contribution in [0, 0.1) is 12.8 Å². The minimum Gasteiger partial charge on any atom is -0.495 e. The van der Waals surface area contributed by atoms with E-state index in [4.69, 9.17) is 0 Å². The van der Waals surface area contributed by atoms with Gasteiger partial charge in [0, 0.05) is 51.6 Å². The molecule has 0 bridgehead atoms. The number of aliphatic carboxylic acids is 2. The van der Waals surface area contributed by atoms with Gasteiger partial charge in [0.05, 0.1) is 12.1 Å². The van der Waals surface area contributed by atoms with Gasteiger partial charge in [-0.25, -0.2) is 0 Å². The van der Waals surface area contributed by atoms with Crippen LogP contribution < -0.4 is 31.9 Å². The van der Waals surface area contributed by atoms with E-state index in [2.05, 4.69) is 34.1 Å². The van der Waals surface area contributed by atoms with Gasteiger partial charge in [0.25, 0.3) is 0 Å². The van der Waals surface area contributed by atoms with Crippen LogP contribution in [0.25, 0.3) is 24.8 Å². The average molecular weight is 622 g/mol. The first-order valence-corrected chi connectivity index (χ1v) is 16.2. The van der Waals surface area contributed by atoms with E-state index in [1.165, 1.54) is 11.8 Å². The van der Waals surface area contributed by atoms with Crippen LogP contribution in [0.4, 0.5) is 0 Å². The fourth-order valence-corrected chi connectivity index (χ4v) is 7.28. The molecule has 5 rings (SSSR count). The molecule has 5 heterocycles. The molecule has 234 valence electrons. The predicted molar refractivity (Wildman–Crippen MR) is 173 cm³/mol. The number of aromatic nitrogens is 2. The molecule has 0 aliphatic carbocycles. The highest BCUT2D eigenvalue weighted by Gasteiger charge is 2.46. The van der Waals surface area contributed by atoms with Gasteiger partial charge in [0.15, 0.2) is 16.9 Å². The van der Waals surface area contributed by atoms with Gasteiger partial charge >= 0.3 is 11.9 Å². The minimum absolute atomic E-state index is 0.0497. The minimum atomic E-state index is -0.921. The number of aliphatic hydroxyl groups is 1. The molecule has 3 aliphatic heterocycles. The van der Waals surface area contributed by atoms with Crippen molar-refractivity contribution < 1.29 is 29.7 Å². The summed E-state index contributed by atoms with van der Waals surface area (Å²) in [5, 5.41) is 38.8. The zero-order valence-electron chi connectivity index (χ0n) is 25.5. The molecule has 2 aromatic heterocycles.